The van der Waals surface area contributed by atoms with Gasteiger partial charge in [0.25, 0.3) is 5.91 Å². The third-order valence-electron chi connectivity index (χ3n) is 2.53. The maximum absolute atomic E-state index is 13.6. The fraction of sp³-hybridized carbons (Fsp3) is 0.462. The number of benzene rings is 1. The molecule has 1 aromatic carbocycles. The monoisotopic (exact) mass is 349 g/mol. The van der Waals surface area contributed by atoms with Crippen molar-refractivity contribution < 1.29 is 9.18 Å². The summed E-state index contributed by atoms with van der Waals surface area (Å²) >= 11 is 2.33. The SMILES string of the molecule is Cc1cccc(C(=O)NCCCCCI)c1F. The van der Waals surface area contributed by atoms with E-state index in [1.54, 1.807) is 19.1 Å². The van der Waals surface area contributed by atoms with E-state index < -0.39 is 5.82 Å². The summed E-state index contributed by atoms with van der Waals surface area (Å²) < 4.78 is 14.8. The van der Waals surface area contributed by atoms with E-state index in [-0.39, 0.29) is 11.5 Å². The van der Waals surface area contributed by atoms with Crippen molar-refractivity contribution in [2.24, 2.45) is 0 Å². The molecule has 0 spiro atoms. The van der Waals surface area contributed by atoms with Crippen molar-refractivity contribution in [2.45, 2.75) is 26.2 Å². The first kappa shape index (κ1) is 14.4. The summed E-state index contributed by atoms with van der Waals surface area (Å²) in [6, 6.07) is 4.87. The van der Waals surface area contributed by atoms with Crippen molar-refractivity contribution in [1.82, 2.24) is 5.32 Å². The molecule has 0 saturated heterocycles. The molecule has 94 valence electrons. The van der Waals surface area contributed by atoms with Crippen LogP contribution in [0.4, 0.5) is 4.39 Å². The molecule has 1 amide bonds. The zero-order chi connectivity index (χ0) is 12.7. The highest BCUT2D eigenvalue weighted by atomic mass is 127. The molecule has 0 aromatic heterocycles. The van der Waals surface area contributed by atoms with E-state index in [1.807, 2.05) is 0 Å². The van der Waals surface area contributed by atoms with Gasteiger partial charge in [0.05, 0.1) is 5.56 Å². The van der Waals surface area contributed by atoms with Crippen LogP contribution < -0.4 is 5.32 Å². The predicted octanol–water partition coefficient (Wildman–Crippen LogP) is 3.47. The zero-order valence-electron chi connectivity index (χ0n) is 9.93. The van der Waals surface area contributed by atoms with Crippen molar-refractivity contribution in [3.63, 3.8) is 0 Å². The highest BCUT2D eigenvalue weighted by Crippen LogP contribution is 2.11. The lowest BCUT2D eigenvalue weighted by atomic mass is 10.1. The van der Waals surface area contributed by atoms with Crippen molar-refractivity contribution in [2.75, 3.05) is 11.0 Å². The molecule has 0 fully saturated rings. The van der Waals surface area contributed by atoms with Gasteiger partial charge in [0.2, 0.25) is 0 Å². The van der Waals surface area contributed by atoms with Crippen LogP contribution in [0.25, 0.3) is 0 Å². The summed E-state index contributed by atoms with van der Waals surface area (Å²) in [5, 5.41) is 2.74. The molecule has 1 N–H and O–H groups in total. The molecule has 0 bridgehead atoms. The van der Waals surface area contributed by atoms with Gasteiger partial charge < -0.3 is 5.32 Å². The first-order chi connectivity index (χ1) is 8.16. The number of carbonyl (C=O) groups is 1. The number of alkyl halides is 1. The van der Waals surface area contributed by atoms with Crippen LogP contribution in [0.15, 0.2) is 18.2 Å². The van der Waals surface area contributed by atoms with E-state index in [0.29, 0.717) is 12.1 Å². The Morgan fingerprint density at radius 1 is 1.35 bits per heavy atom. The lowest BCUT2D eigenvalue weighted by molar-refractivity contribution is 0.0949. The molecule has 2 nitrogen and oxygen atoms in total. The van der Waals surface area contributed by atoms with E-state index in [1.165, 1.54) is 6.07 Å². The number of rotatable bonds is 6. The fourth-order valence-corrected chi connectivity index (χ4v) is 2.06. The predicted molar refractivity (Wildman–Crippen MR) is 76.2 cm³/mol. The van der Waals surface area contributed by atoms with Gasteiger partial charge >= 0.3 is 0 Å². The number of halogens is 2. The quantitative estimate of drug-likeness (QED) is 0.476. The Bertz CT molecular complexity index is 382. The van der Waals surface area contributed by atoms with Crippen molar-refractivity contribution in [3.8, 4) is 0 Å². The Morgan fingerprint density at radius 3 is 2.82 bits per heavy atom. The highest BCUT2D eigenvalue weighted by molar-refractivity contribution is 14.1. The Hall–Kier alpha value is -0.650. The summed E-state index contributed by atoms with van der Waals surface area (Å²) in [5.41, 5.74) is 0.640. The van der Waals surface area contributed by atoms with Gasteiger partial charge in [-0.1, -0.05) is 41.1 Å². The summed E-state index contributed by atoms with van der Waals surface area (Å²) in [7, 11) is 0. The lowest BCUT2D eigenvalue weighted by Crippen LogP contribution is -2.25. The maximum Gasteiger partial charge on any atom is 0.254 e. The van der Waals surface area contributed by atoms with Crippen molar-refractivity contribution in [3.05, 3.63) is 35.1 Å². The van der Waals surface area contributed by atoms with Gasteiger partial charge in [-0.25, -0.2) is 4.39 Å². The summed E-state index contributed by atoms with van der Waals surface area (Å²) in [5.74, 6) is -0.738. The second kappa shape index (κ2) is 7.63. The zero-order valence-corrected chi connectivity index (χ0v) is 12.1. The standard InChI is InChI=1S/C13H17FINO/c1-10-6-5-7-11(12(10)14)13(17)16-9-4-2-3-8-15/h5-7H,2-4,8-9H2,1H3,(H,16,17). The molecule has 0 aliphatic heterocycles. The molecule has 0 atom stereocenters. The molecular weight excluding hydrogens is 332 g/mol. The third-order valence-corrected chi connectivity index (χ3v) is 3.30. The Kier molecular flexibility index (Phi) is 6.47. The topological polar surface area (TPSA) is 29.1 Å². The second-order valence-corrected chi connectivity index (χ2v) is 5.02. The van der Waals surface area contributed by atoms with Gasteiger partial charge in [0, 0.05) is 6.54 Å². The lowest BCUT2D eigenvalue weighted by Gasteiger charge is -2.07. The number of hydrogen-bond donors (Lipinski definition) is 1. The van der Waals surface area contributed by atoms with Crippen molar-refractivity contribution >= 4 is 28.5 Å². The molecule has 17 heavy (non-hydrogen) atoms. The Labute approximate surface area is 115 Å². The van der Waals surface area contributed by atoms with E-state index in [4.69, 9.17) is 0 Å². The van der Waals surface area contributed by atoms with Crippen LogP contribution in [-0.4, -0.2) is 16.9 Å². The fourth-order valence-electron chi connectivity index (χ4n) is 1.52. The van der Waals surface area contributed by atoms with Gasteiger partial charge in [0.15, 0.2) is 0 Å². The van der Waals surface area contributed by atoms with Crippen LogP contribution in [0.5, 0.6) is 0 Å². The van der Waals surface area contributed by atoms with Gasteiger partial charge in [-0.2, -0.15) is 0 Å². The van der Waals surface area contributed by atoms with E-state index in [0.717, 1.165) is 23.7 Å². The normalized spacial score (nSPS) is 10.3. The number of hydrogen-bond acceptors (Lipinski definition) is 1. The molecular formula is C13H17FINO. The average molecular weight is 349 g/mol. The summed E-state index contributed by atoms with van der Waals surface area (Å²) in [6.07, 6.45) is 3.21. The minimum Gasteiger partial charge on any atom is -0.352 e. The van der Waals surface area contributed by atoms with Crippen LogP contribution in [0.1, 0.15) is 35.2 Å². The first-order valence-electron chi connectivity index (χ1n) is 5.76. The number of unbranched alkanes of at least 4 members (excludes halogenated alkanes) is 2. The van der Waals surface area contributed by atoms with Gasteiger partial charge in [-0.05, 0) is 35.8 Å². The Morgan fingerprint density at radius 2 is 2.12 bits per heavy atom. The van der Waals surface area contributed by atoms with Crippen LogP contribution in [0.2, 0.25) is 0 Å². The molecule has 1 rings (SSSR count). The van der Waals surface area contributed by atoms with Crippen molar-refractivity contribution in [1.29, 1.82) is 0 Å². The minimum absolute atomic E-state index is 0.138. The van der Waals surface area contributed by atoms with Crippen LogP contribution in [-0.2, 0) is 0 Å². The third kappa shape index (κ3) is 4.61. The minimum atomic E-state index is -0.419. The number of amides is 1. The number of aryl methyl sites for hydroxylation is 1. The highest BCUT2D eigenvalue weighted by Gasteiger charge is 2.11. The molecule has 0 heterocycles. The van der Waals surface area contributed by atoms with E-state index >= 15 is 0 Å². The van der Waals surface area contributed by atoms with E-state index in [9.17, 15) is 9.18 Å². The summed E-state index contributed by atoms with van der Waals surface area (Å²) in [4.78, 5) is 11.7. The Balaban J connectivity index is 2.44. The average Bonchev–Trinajstić information content (AvgIpc) is 2.32. The number of carbonyl (C=O) groups excluding carboxylic acids is 1. The van der Waals surface area contributed by atoms with Gasteiger partial charge in [0.1, 0.15) is 5.82 Å². The van der Waals surface area contributed by atoms with E-state index in [2.05, 4.69) is 27.9 Å². The van der Waals surface area contributed by atoms with Crippen LogP contribution in [0, 0.1) is 12.7 Å². The smallest absolute Gasteiger partial charge is 0.254 e. The number of nitrogens with one attached hydrogen (secondary N) is 1. The maximum atomic E-state index is 13.6. The molecule has 0 aliphatic carbocycles. The summed E-state index contributed by atoms with van der Waals surface area (Å²) in [6.45, 7) is 2.27. The molecule has 0 radical (unpaired) electrons. The second-order valence-electron chi connectivity index (χ2n) is 3.94. The molecule has 0 aliphatic rings. The van der Waals surface area contributed by atoms with Gasteiger partial charge in [-0.3, -0.25) is 4.79 Å². The van der Waals surface area contributed by atoms with Crippen LogP contribution >= 0.6 is 22.6 Å². The largest absolute Gasteiger partial charge is 0.352 e. The molecule has 4 heteroatoms. The first-order valence-corrected chi connectivity index (χ1v) is 7.28. The van der Waals surface area contributed by atoms with Crippen LogP contribution in [0.3, 0.4) is 0 Å². The van der Waals surface area contributed by atoms with Gasteiger partial charge in [-0.15, -0.1) is 0 Å². The molecule has 1 aromatic rings. The molecule has 0 unspecified atom stereocenters. The molecule has 0 saturated carbocycles.